The molecule has 0 bridgehead atoms. The van der Waals surface area contributed by atoms with E-state index in [0.29, 0.717) is 6.04 Å². The van der Waals surface area contributed by atoms with Crippen LogP contribution in [0, 0.1) is 12.3 Å². The number of thiophene rings is 1. The van der Waals surface area contributed by atoms with Gasteiger partial charge in [-0.05, 0) is 18.4 Å². The molecular formula is C10H13NS. The van der Waals surface area contributed by atoms with Crippen molar-refractivity contribution in [2.75, 3.05) is 0 Å². The second kappa shape index (κ2) is 4.97. The van der Waals surface area contributed by atoms with Crippen molar-refractivity contribution in [1.82, 2.24) is 5.32 Å². The maximum atomic E-state index is 5.19. The molecule has 0 aliphatic heterocycles. The van der Waals surface area contributed by atoms with Gasteiger partial charge in [-0.25, -0.2) is 0 Å². The molecule has 1 aromatic rings. The third-order valence-corrected chi connectivity index (χ3v) is 2.51. The minimum atomic E-state index is 0.414. The van der Waals surface area contributed by atoms with Gasteiger partial charge in [0.15, 0.2) is 0 Å². The summed E-state index contributed by atoms with van der Waals surface area (Å²) >= 11 is 1.77. The summed E-state index contributed by atoms with van der Waals surface area (Å²) in [5.41, 5.74) is 0. The van der Waals surface area contributed by atoms with Crippen LogP contribution in [0.5, 0.6) is 0 Å². The van der Waals surface area contributed by atoms with Crippen molar-refractivity contribution in [1.29, 1.82) is 0 Å². The van der Waals surface area contributed by atoms with Crippen molar-refractivity contribution in [2.45, 2.75) is 25.9 Å². The summed E-state index contributed by atoms with van der Waals surface area (Å²) in [6.45, 7) is 3.04. The van der Waals surface area contributed by atoms with Crippen molar-refractivity contribution in [3.63, 3.8) is 0 Å². The maximum absolute atomic E-state index is 5.19. The van der Waals surface area contributed by atoms with E-state index in [1.165, 1.54) is 4.88 Å². The SMILES string of the molecule is C#CCC(C)NCc1cccs1. The van der Waals surface area contributed by atoms with Crippen molar-refractivity contribution in [2.24, 2.45) is 0 Å². The van der Waals surface area contributed by atoms with Gasteiger partial charge in [0.05, 0.1) is 0 Å². The fourth-order valence-electron chi connectivity index (χ4n) is 0.937. The average molecular weight is 179 g/mol. The molecule has 12 heavy (non-hydrogen) atoms. The van der Waals surface area contributed by atoms with Gasteiger partial charge in [0.1, 0.15) is 0 Å². The van der Waals surface area contributed by atoms with Crippen LogP contribution in [0.1, 0.15) is 18.2 Å². The van der Waals surface area contributed by atoms with Crippen LogP contribution in [-0.2, 0) is 6.54 Å². The van der Waals surface area contributed by atoms with Gasteiger partial charge in [-0.1, -0.05) is 6.07 Å². The second-order valence-corrected chi connectivity index (χ2v) is 3.80. The predicted molar refractivity (Wildman–Crippen MR) is 54.1 cm³/mol. The number of terminal acetylenes is 1. The fraction of sp³-hybridized carbons (Fsp3) is 0.400. The summed E-state index contributed by atoms with van der Waals surface area (Å²) < 4.78 is 0. The standard InChI is InChI=1S/C10H13NS/c1-3-5-9(2)11-8-10-6-4-7-12-10/h1,4,6-7,9,11H,5,8H2,2H3. The highest BCUT2D eigenvalue weighted by molar-refractivity contribution is 7.09. The highest BCUT2D eigenvalue weighted by Crippen LogP contribution is 2.07. The number of hydrogen-bond donors (Lipinski definition) is 1. The minimum absolute atomic E-state index is 0.414. The maximum Gasteiger partial charge on any atom is 0.0302 e. The van der Waals surface area contributed by atoms with Gasteiger partial charge in [0.25, 0.3) is 0 Å². The van der Waals surface area contributed by atoms with E-state index < -0.39 is 0 Å². The lowest BCUT2D eigenvalue weighted by molar-refractivity contribution is 0.563. The Bertz CT molecular complexity index is 245. The summed E-state index contributed by atoms with van der Waals surface area (Å²) in [6, 6.07) is 4.60. The molecule has 0 fully saturated rings. The van der Waals surface area contributed by atoms with Crippen LogP contribution < -0.4 is 5.32 Å². The van der Waals surface area contributed by atoms with E-state index in [-0.39, 0.29) is 0 Å². The first-order chi connectivity index (χ1) is 5.83. The van der Waals surface area contributed by atoms with E-state index in [9.17, 15) is 0 Å². The quantitative estimate of drug-likeness (QED) is 0.699. The Balaban J connectivity index is 2.23. The Kier molecular flexibility index (Phi) is 3.86. The van der Waals surface area contributed by atoms with E-state index in [1.807, 2.05) is 0 Å². The van der Waals surface area contributed by atoms with Crippen LogP contribution in [0.2, 0.25) is 0 Å². The topological polar surface area (TPSA) is 12.0 Å². The fourth-order valence-corrected chi connectivity index (χ4v) is 1.59. The lowest BCUT2D eigenvalue weighted by atomic mass is 10.2. The number of hydrogen-bond acceptors (Lipinski definition) is 2. The third-order valence-electron chi connectivity index (χ3n) is 1.63. The lowest BCUT2D eigenvalue weighted by Crippen LogP contribution is -2.24. The first-order valence-corrected chi connectivity index (χ1v) is 4.90. The Labute approximate surface area is 77.8 Å². The molecule has 1 atom stereocenters. The van der Waals surface area contributed by atoms with E-state index in [2.05, 4.69) is 35.7 Å². The van der Waals surface area contributed by atoms with Crippen LogP contribution >= 0.6 is 11.3 Å². The van der Waals surface area contributed by atoms with Gasteiger partial charge < -0.3 is 5.32 Å². The van der Waals surface area contributed by atoms with Crippen molar-refractivity contribution in [3.05, 3.63) is 22.4 Å². The first-order valence-electron chi connectivity index (χ1n) is 4.02. The van der Waals surface area contributed by atoms with Crippen LogP contribution in [0.4, 0.5) is 0 Å². The van der Waals surface area contributed by atoms with E-state index in [4.69, 9.17) is 6.42 Å². The molecule has 0 spiro atoms. The average Bonchev–Trinajstić information content (AvgIpc) is 2.53. The zero-order valence-electron chi connectivity index (χ0n) is 7.21. The molecule has 0 aliphatic carbocycles. The molecule has 0 aliphatic rings. The van der Waals surface area contributed by atoms with Crippen LogP contribution in [0.3, 0.4) is 0 Å². The Morgan fingerprint density at radius 2 is 2.58 bits per heavy atom. The largest absolute Gasteiger partial charge is 0.308 e. The molecule has 0 aromatic carbocycles. The zero-order valence-corrected chi connectivity index (χ0v) is 8.03. The molecule has 1 rings (SSSR count). The minimum Gasteiger partial charge on any atom is -0.308 e. The summed E-state index contributed by atoms with van der Waals surface area (Å²) in [5, 5.41) is 5.44. The number of rotatable bonds is 4. The van der Waals surface area contributed by atoms with Crippen molar-refractivity contribution >= 4 is 11.3 Å². The van der Waals surface area contributed by atoms with Gasteiger partial charge in [-0.15, -0.1) is 23.7 Å². The second-order valence-electron chi connectivity index (χ2n) is 2.77. The lowest BCUT2D eigenvalue weighted by Gasteiger charge is -2.08. The Morgan fingerprint density at radius 1 is 1.75 bits per heavy atom. The van der Waals surface area contributed by atoms with Gasteiger partial charge >= 0.3 is 0 Å². The highest BCUT2D eigenvalue weighted by atomic mass is 32.1. The highest BCUT2D eigenvalue weighted by Gasteiger charge is 1.98. The van der Waals surface area contributed by atoms with E-state index in [1.54, 1.807) is 11.3 Å². The van der Waals surface area contributed by atoms with E-state index in [0.717, 1.165) is 13.0 Å². The third kappa shape index (κ3) is 3.08. The predicted octanol–water partition coefficient (Wildman–Crippen LogP) is 2.25. The van der Waals surface area contributed by atoms with E-state index >= 15 is 0 Å². The molecule has 1 N–H and O–H groups in total. The Morgan fingerprint density at radius 3 is 3.17 bits per heavy atom. The summed E-state index contributed by atoms with van der Waals surface area (Å²) in [7, 11) is 0. The summed E-state index contributed by atoms with van der Waals surface area (Å²) in [4.78, 5) is 1.36. The first kappa shape index (κ1) is 9.31. The molecular weight excluding hydrogens is 166 g/mol. The van der Waals surface area contributed by atoms with Crippen molar-refractivity contribution in [3.8, 4) is 12.3 Å². The van der Waals surface area contributed by atoms with Crippen molar-refractivity contribution < 1.29 is 0 Å². The molecule has 0 radical (unpaired) electrons. The molecule has 0 saturated heterocycles. The molecule has 1 nitrogen and oxygen atoms in total. The molecule has 64 valence electrons. The smallest absolute Gasteiger partial charge is 0.0302 e. The molecule has 2 heteroatoms. The monoisotopic (exact) mass is 179 g/mol. The molecule has 1 aromatic heterocycles. The van der Waals surface area contributed by atoms with Gasteiger partial charge in [0, 0.05) is 23.9 Å². The Hall–Kier alpha value is -0.780. The molecule has 0 amide bonds. The number of nitrogens with one attached hydrogen (secondary N) is 1. The summed E-state index contributed by atoms with van der Waals surface area (Å²) in [5.74, 6) is 2.64. The summed E-state index contributed by atoms with van der Waals surface area (Å²) in [6.07, 6.45) is 5.99. The van der Waals surface area contributed by atoms with Crippen LogP contribution in [-0.4, -0.2) is 6.04 Å². The normalized spacial score (nSPS) is 12.3. The molecule has 1 heterocycles. The van der Waals surface area contributed by atoms with Crippen LogP contribution in [0.15, 0.2) is 17.5 Å². The van der Waals surface area contributed by atoms with Crippen LogP contribution in [0.25, 0.3) is 0 Å². The van der Waals surface area contributed by atoms with Gasteiger partial charge in [-0.2, -0.15) is 0 Å². The van der Waals surface area contributed by atoms with Gasteiger partial charge in [0.2, 0.25) is 0 Å². The zero-order chi connectivity index (χ0) is 8.81. The molecule has 0 saturated carbocycles. The van der Waals surface area contributed by atoms with Gasteiger partial charge in [-0.3, -0.25) is 0 Å². The molecule has 1 unspecified atom stereocenters.